The Labute approximate surface area is 64.7 Å². The van der Waals surface area contributed by atoms with E-state index in [9.17, 15) is 5.11 Å². The maximum Gasteiger partial charge on any atom is 0.143 e. The molecule has 0 aromatic carbocycles. The highest BCUT2D eigenvalue weighted by Crippen LogP contribution is 2.39. The third-order valence-electron chi connectivity index (χ3n) is 2.52. The SMILES string of the molecule is CC1OC2(CO)COC1[C@H]2O. The van der Waals surface area contributed by atoms with Gasteiger partial charge in [-0.15, -0.1) is 0 Å². The first-order valence-electron chi connectivity index (χ1n) is 3.78. The summed E-state index contributed by atoms with van der Waals surface area (Å²) in [5.74, 6) is 0. The quantitative estimate of drug-likeness (QED) is 0.511. The first-order chi connectivity index (χ1) is 5.19. The topological polar surface area (TPSA) is 58.9 Å². The fraction of sp³-hybridized carbons (Fsp3) is 1.00. The van der Waals surface area contributed by atoms with Gasteiger partial charge in [0, 0.05) is 0 Å². The Hall–Kier alpha value is -0.160. The van der Waals surface area contributed by atoms with Gasteiger partial charge in [-0.3, -0.25) is 0 Å². The van der Waals surface area contributed by atoms with E-state index in [0.717, 1.165) is 0 Å². The van der Waals surface area contributed by atoms with Crippen LogP contribution < -0.4 is 0 Å². The van der Waals surface area contributed by atoms with Crippen molar-refractivity contribution in [1.29, 1.82) is 0 Å². The van der Waals surface area contributed by atoms with Gasteiger partial charge in [0.2, 0.25) is 0 Å². The van der Waals surface area contributed by atoms with Crippen LogP contribution in [0.25, 0.3) is 0 Å². The zero-order valence-electron chi connectivity index (χ0n) is 6.36. The normalized spacial score (nSPS) is 55.4. The molecule has 2 bridgehead atoms. The molecule has 2 fully saturated rings. The molecule has 2 aliphatic heterocycles. The molecule has 2 aliphatic rings. The Morgan fingerprint density at radius 3 is 2.64 bits per heavy atom. The first kappa shape index (κ1) is 7.49. The summed E-state index contributed by atoms with van der Waals surface area (Å²) in [4.78, 5) is 0. The minimum atomic E-state index is -0.829. The van der Waals surface area contributed by atoms with Gasteiger partial charge >= 0.3 is 0 Å². The third kappa shape index (κ3) is 0.780. The van der Waals surface area contributed by atoms with Crippen LogP contribution in [0.1, 0.15) is 6.92 Å². The molecule has 0 aliphatic carbocycles. The number of hydrogen-bond donors (Lipinski definition) is 2. The molecule has 0 saturated carbocycles. The Morgan fingerprint density at radius 2 is 2.36 bits per heavy atom. The van der Waals surface area contributed by atoms with Crippen LogP contribution in [0.4, 0.5) is 0 Å². The van der Waals surface area contributed by atoms with Crippen molar-refractivity contribution in [2.45, 2.75) is 30.8 Å². The van der Waals surface area contributed by atoms with Crippen molar-refractivity contribution >= 4 is 0 Å². The fourth-order valence-corrected chi connectivity index (χ4v) is 1.82. The van der Waals surface area contributed by atoms with Crippen molar-refractivity contribution in [1.82, 2.24) is 0 Å². The number of aliphatic hydroxyl groups is 2. The zero-order chi connectivity index (χ0) is 8.06. The van der Waals surface area contributed by atoms with E-state index in [0.29, 0.717) is 6.61 Å². The Kier molecular flexibility index (Phi) is 1.47. The molecule has 4 atom stereocenters. The van der Waals surface area contributed by atoms with Gasteiger partial charge in [0.15, 0.2) is 0 Å². The monoisotopic (exact) mass is 160 g/mol. The molecule has 4 heteroatoms. The second-order valence-corrected chi connectivity index (χ2v) is 3.27. The number of ether oxygens (including phenoxy) is 2. The lowest BCUT2D eigenvalue weighted by Gasteiger charge is -2.26. The highest BCUT2D eigenvalue weighted by Gasteiger charge is 2.59. The fourth-order valence-electron chi connectivity index (χ4n) is 1.82. The average Bonchev–Trinajstić information content (AvgIpc) is 2.42. The van der Waals surface area contributed by atoms with E-state index in [2.05, 4.69) is 0 Å². The van der Waals surface area contributed by atoms with Crippen molar-refractivity contribution in [3.63, 3.8) is 0 Å². The second-order valence-electron chi connectivity index (χ2n) is 3.27. The van der Waals surface area contributed by atoms with E-state index < -0.39 is 11.7 Å². The number of fused-ring (bicyclic) bond motifs is 2. The van der Waals surface area contributed by atoms with E-state index in [1.807, 2.05) is 6.92 Å². The Balaban J connectivity index is 2.24. The summed E-state index contributed by atoms with van der Waals surface area (Å²) < 4.78 is 10.6. The average molecular weight is 160 g/mol. The lowest BCUT2D eigenvalue weighted by molar-refractivity contribution is -0.155. The summed E-state index contributed by atoms with van der Waals surface area (Å²) in [6, 6.07) is 0. The maximum absolute atomic E-state index is 9.54. The molecule has 2 saturated heterocycles. The van der Waals surface area contributed by atoms with Crippen LogP contribution in [0, 0.1) is 0 Å². The summed E-state index contributed by atoms with van der Waals surface area (Å²) in [5.41, 5.74) is -0.829. The van der Waals surface area contributed by atoms with E-state index in [1.165, 1.54) is 0 Å². The lowest BCUT2D eigenvalue weighted by Crippen LogP contribution is -2.44. The first-order valence-corrected chi connectivity index (χ1v) is 3.78. The predicted octanol–water partition coefficient (Wildman–Crippen LogP) is -1.10. The molecule has 0 aromatic heterocycles. The molecular weight excluding hydrogens is 148 g/mol. The van der Waals surface area contributed by atoms with Crippen LogP contribution in [-0.4, -0.2) is 47.3 Å². The van der Waals surface area contributed by atoms with Crippen LogP contribution >= 0.6 is 0 Å². The van der Waals surface area contributed by atoms with Crippen molar-refractivity contribution in [2.75, 3.05) is 13.2 Å². The standard InChI is InChI=1S/C7H12O4/c1-4-5-6(9)7(2-8,11-4)3-10-5/h4-6,8-9H,2-3H2,1H3/t4?,5?,6-,7?/m1/s1. The Morgan fingerprint density at radius 1 is 1.64 bits per heavy atom. The molecule has 2 heterocycles. The lowest BCUT2D eigenvalue weighted by atomic mass is 10.0. The van der Waals surface area contributed by atoms with Gasteiger partial charge < -0.3 is 19.7 Å². The predicted molar refractivity (Wildman–Crippen MR) is 36.1 cm³/mol. The van der Waals surface area contributed by atoms with Gasteiger partial charge in [0.05, 0.1) is 19.3 Å². The number of hydrogen-bond acceptors (Lipinski definition) is 4. The molecule has 0 radical (unpaired) electrons. The van der Waals surface area contributed by atoms with Gasteiger partial charge in [-0.1, -0.05) is 0 Å². The van der Waals surface area contributed by atoms with E-state index in [4.69, 9.17) is 14.6 Å². The van der Waals surface area contributed by atoms with Crippen molar-refractivity contribution in [3.8, 4) is 0 Å². The largest absolute Gasteiger partial charge is 0.393 e. The van der Waals surface area contributed by atoms with Gasteiger partial charge in [0.1, 0.15) is 17.8 Å². The number of aliphatic hydroxyl groups excluding tert-OH is 2. The summed E-state index contributed by atoms with van der Waals surface area (Å²) in [5, 5.41) is 18.5. The molecule has 0 amide bonds. The van der Waals surface area contributed by atoms with E-state index in [1.54, 1.807) is 0 Å². The third-order valence-corrected chi connectivity index (χ3v) is 2.52. The smallest absolute Gasteiger partial charge is 0.143 e. The van der Waals surface area contributed by atoms with Crippen molar-refractivity contribution in [3.05, 3.63) is 0 Å². The summed E-state index contributed by atoms with van der Waals surface area (Å²) in [6.07, 6.45) is -1.02. The molecule has 3 unspecified atom stereocenters. The molecule has 0 aromatic rings. The second kappa shape index (κ2) is 2.17. The molecule has 11 heavy (non-hydrogen) atoms. The maximum atomic E-state index is 9.54. The van der Waals surface area contributed by atoms with Crippen LogP contribution in [0.15, 0.2) is 0 Å². The highest BCUT2D eigenvalue weighted by atomic mass is 16.6. The summed E-state index contributed by atoms with van der Waals surface area (Å²) in [7, 11) is 0. The summed E-state index contributed by atoms with van der Waals surface area (Å²) >= 11 is 0. The van der Waals surface area contributed by atoms with Crippen LogP contribution in [0.2, 0.25) is 0 Å². The number of rotatable bonds is 1. The van der Waals surface area contributed by atoms with Gasteiger partial charge in [-0.25, -0.2) is 0 Å². The van der Waals surface area contributed by atoms with Crippen molar-refractivity contribution < 1.29 is 19.7 Å². The van der Waals surface area contributed by atoms with E-state index >= 15 is 0 Å². The molecule has 2 rings (SSSR count). The molecule has 64 valence electrons. The van der Waals surface area contributed by atoms with Crippen LogP contribution in [0.5, 0.6) is 0 Å². The van der Waals surface area contributed by atoms with Crippen molar-refractivity contribution in [2.24, 2.45) is 0 Å². The zero-order valence-corrected chi connectivity index (χ0v) is 6.36. The van der Waals surface area contributed by atoms with Gasteiger partial charge in [-0.2, -0.15) is 0 Å². The van der Waals surface area contributed by atoms with Crippen LogP contribution in [-0.2, 0) is 9.47 Å². The Bertz CT molecular complexity index is 172. The highest BCUT2D eigenvalue weighted by molar-refractivity contribution is 5.06. The van der Waals surface area contributed by atoms with E-state index in [-0.39, 0.29) is 18.8 Å². The summed E-state index contributed by atoms with van der Waals surface area (Å²) in [6.45, 7) is 1.97. The molecule has 2 N–H and O–H groups in total. The minimum absolute atomic E-state index is 0.106. The van der Waals surface area contributed by atoms with Gasteiger partial charge in [0.25, 0.3) is 0 Å². The molecule has 0 spiro atoms. The van der Waals surface area contributed by atoms with Gasteiger partial charge in [-0.05, 0) is 6.92 Å². The molecular formula is C7H12O4. The van der Waals surface area contributed by atoms with Crippen LogP contribution in [0.3, 0.4) is 0 Å². The molecule has 4 nitrogen and oxygen atoms in total. The minimum Gasteiger partial charge on any atom is -0.393 e.